The molecule has 8 aromatic carbocycles. The Hall–Kier alpha value is -6.08. The van der Waals surface area contributed by atoms with Gasteiger partial charge in [0.15, 0.2) is 0 Å². The molecule has 0 atom stereocenters. The van der Waals surface area contributed by atoms with E-state index in [9.17, 15) is 0 Å². The van der Waals surface area contributed by atoms with Crippen molar-refractivity contribution in [3.05, 3.63) is 146 Å². The van der Waals surface area contributed by atoms with Crippen LogP contribution in [0.5, 0.6) is 23.0 Å². The van der Waals surface area contributed by atoms with Gasteiger partial charge >= 0.3 is 0 Å². The van der Waals surface area contributed by atoms with Gasteiger partial charge in [-0.05, 0) is 91.6 Å². The lowest BCUT2D eigenvalue weighted by Crippen LogP contribution is -2.14. The van der Waals surface area contributed by atoms with Crippen molar-refractivity contribution in [3.8, 4) is 45.3 Å². The van der Waals surface area contributed by atoms with Gasteiger partial charge < -0.3 is 28.4 Å². The summed E-state index contributed by atoms with van der Waals surface area (Å²) in [7, 11) is 0. The van der Waals surface area contributed by atoms with Crippen LogP contribution in [0.25, 0.3) is 65.3 Å². The fourth-order valence-corrected chi connectivity index (χ4v) is 7.24. The Kier molecular flexibility index (Phi) is 9.68. The van der Waals surface area contributed by atoms with E-state index >= 15 is 0 Å². The summed E-state index contributed by atoms with van der Waals surface area (Å²) in [4.78, 5) is 0. The summed E-state index contributed by atoms with van der Waals surface area (Å²) in [5.74, 6) is 3.10. The van der Waals surface area contributed by atoms with E-state index in [1.54, 1.807) is 0 Å². The predicted octanol–water partition coefficient (Wildman–Crippen LogP) is 10.9. The van der Waals surface area contributed by atoms with Gasteiger partial charge in [-0.15, -0.1) is 0 Å². The predicted molar refractivity (Wildman–Crippen MR) is 217 cm³/mol. The first-order chi connectivity index (χ1) is 26.8. The molecular weight excluding hydrogens is 673 g/mol. The molecule has 0 saturated carbocycles. The summed E-state index contributed by atoms with van der Waals surface area (Å²) in [6.07, 6.45) is 0. The first-order valence-electron chi connectivity index (χ1n) is 18.6. The average molecular weight is 713 g/mol. The molecule has 0 spiro atoms. The SMILES string of the molecule is c1ccc2cc3c(cc2c1)OCCOCCOc1cc2ccccc2cc1-c1cc2ccccc2cc1OCCOCCOc1cc2ccccc2cc1-3. The van der Waals surface area contributed by atoms with Crippen LogP contribution in [0.1, 0.15) is 0 Å². The second-order valence-electron chi connectivity index (χ2n) is 13.4. The number of benzene rings is 8. The monoisotopic (exact) mass is 712 g/mol. The van der Waals surface area contributed by atoms with Gasteiger partial charge in [-0.2, -0.15) is 0 Å². The van der Waals surface area contributed by atoms with Crippen molar-refractivity contribution in [2.75, 3.05) is 52.9 Å². The maximum atomic E-state index is 6.50. The molecule has 0 fully saturated rings. The normalized spacial score (nSPS) is 14.5. The minimum absolute atomic E-state index is 0.377. The van der Waals surface area contributed by atoms with Crippen molar-refractivity contribution in [3.63, 3.8) is 0 Å². The van der Waals surface area contributed by atoms with Gasteiger partial charge in [0.25, 0.3) is 0 Å². The number of fused-ring (bicyclic) bond motifs is 10. The number of rotatable bonds is 0. The van der Waals surface area contributed by atoms with E-state index in [-0.39, 0.29) is 0 Å². The highest BCUT2D eigenvalue weighted by Crippen LogP contribution is 2.43. The molecule has 268 valence electrons. The standard InChI is InChI=1S/C48H40O6/c1-5-13-37-29-45-41(25-33(37)9-1)42-26-34-10-2-6-14-38(34)30-46(42)52-22-18-50-20-24-54-48-32-40-16-8-4-12-36(40)28-44(48)43-27-35-11-3-7-15-39(35)31-47(43)53-23-19-49-17-21-51-45/h1-16,25-32H,17-24H2. The van der Waals surface area contributed by atoms with E-state index in [0.717, 1.165) is 88.3 Å². The largest absolute Gasteiger partial charge is 0.491 e. The Labute approximate surface area is 314 Å². The molecule has 6 nitrogen and oxygen atoms in total. The van der Waals surface area contributed by atoms with Crippen LogP contribution in [0.4, 0.5) is 0 Å². The molecule has 54 heavy (non-hydrogen) atoms. The van der Waals surface area contributed by atoms with Gasteiger partial charge in [-0.25, -0.2) is 0 Å². The van der Waals surface area contributed by atoms with Crippen molar-refractivity contribution in [2.45, 2.75) is 0 Å². The van der Waals surface area contributed by atoms with E-state index in [0.29, 0.717) is 52.9 Å². The molecule has 0 bridgehead atoms. The number of hydrogen-bond acceptors (Lipinski definition) is 6. The quantitative estimate of drug-likeness (QED) is 0.156. The van der Waals surface area contributed by atoms with Gasteiger partial charge in [0.1, 0.15) is 49.4 Å². The minimum Gasteiger partial charge on any atom is -0.491 e. The van der Waals surface area contributed by atoms with E-state index in [1.165, 1.54) is 0 Å². The van der Waals surface area contributed by atoms with Crippen molar-refractivity contribution < 1.29 is 28.4 Å². The maximum absolute atomic E-state index is 6.50. The van der Waals surface area contributed by atoms with Crippen LogP contribution in [0.2, 0.25) is 0 Å². The van der Waals surface area contributed by atoms with E-state index in [2.05, 4.69) is 121 Å². The van der Waals surface area contributed by atoms with Crippen LogP contribution in [0.3, 0.4) is 0 Å². The molecule has 0 N–H and O–H groups in total. The third-order valence-electron chi connectivity index (χ3n) is 9.91. The van der Waals surface area contributed by atoms with Crippen molar-refractivity contribution in [1.29, 1.82) is 0 Å². The molecule has 0 unspecified atom stereocenters. The summed E-state index contributed by atoms with van der Waals surface area (Å²) >= 11 is 0. The first-order valence-corrected chi connectivity index (χ1v) is 18.6. The summed E-state index contributed by atoms with van der Waals surface area (Å²) in [6, 6.07) is 50.5. The van der Waals surface area contributed by atoms with Gasteiger partial charge in [0.05, 0.1) is 26.4 Å². The zero-order valence-electron chi connectivity index (χ0n) is 30.0. The van der Waals surface area contributed by atoms with E-state index < -0.39 is 0 Å². The molecule has 1 heterocycles. The van der Waals surface area contributed by atoms with Crippen molar-refractivity contribution in [2.24, 2.45) is 0 Å². The zero-order chi connectivity index (χ0) is 36.1. The fourth-order valence-electron chi connectivity index (χ4n) is 7.24. The molecule has 9 rings (SSSR count). The van der Waals surface area contributed by atoms with Gasteiger partial charge in [-0.1, -0.05) is 97.1 Å². The topological polar surface area (TPSA) is 55.4 Å². The van der Waals surface area contributed by atoms with Gasteiger partial charge in [0, 0.05) is 22.3 Å². The van der Waals surface area contributed by atoms with Crippen LogP contribution in [-0.4, -0.2) is 52.9 Å². The van der Waals surface area contributed by atoms with Crippen LogP contribution in [0, 0.1) is 0 Å². The van der Waals surface area contributed by atoms with Crippen LogP contribution in [-0.2, 0) is 9.47 Å². The third kappa shape index (κ3) is 7.14. The molecular formula is C48H40O6. The summed E-state index contributed by atoms with van der Waals surface area (Å²) < 4.78 is 38.2. The molecule has 0 amide bonds. The van der Waals surface area contributed by atoms with E-state index in [1.807, 2.05) is 24.3 Å². The maximum Gasteiger partial charge on any atom is 0.128 e. The molecule has 0 aliphatic carbocycles. The smallest absolute Gasteiger partial charge is 0.128 e. The average Bonchev–Trinajstić information content (AvgIpc) is 3.21. The lowest BCUT2D eigenvalue weighted by atomic mass is 9.96. The first kappa shape index (κ1) is 33.7. The van der Waals surface area contributed by atoms with Crippen molar-refractivity contribution in [1.82, 2.24) is 0 Å². The number of hydrogen-bond donors (Lipinski definition) is 0. The fraction of sp³-hybridized carbons (Fsp3) is 0.167. The Morgan fingerprint density at radius 2 is 0.444 bits per heavy atom. The van der Waals surface area contributed by atoms with Gasteiger partial charge in [0.2, 0.25) is 0 Å². The second-order valence-corrected chi connectivity index (χ2v) is 13.4. The Morgan fingerprint density at radius 3 is 0.667 bits per heavy atom. The zero-order valence-corrected chi connectivity index (χ0v) is 30.0. The summed E-state index contributed by atoms with van der Waals surface area (Å²) in [5.41, 5.74) is 3.85. The second kappa shape index (κ2) is 15.5. The van der Waals surface area contributed by atoms with Crippen LogP contribution >= 0.6 is 0 Å². The van der Waals surface area contributed by atoms with Crippen molar-refractivity contribution >= 4 is 43.1 Å². The Morgan fingerprint density at radius 1 is 0.241 bits per heavy atom. The lowest BCUT2D eigenvalue weighted by Gasteiger charge is -2.19. The molecule has 8 aromatic rings. The Bertz CT molecular complexity index is 2240. The lowest BCUT2D eigenvalue weighted by molar-refractivity contribution is 0.0759. The molecule has 0 aromatic heterocycles. The summed E-state index contributed by atoms with van der Waals surface area (Å²) in [6.45, 7) is 3.12. The highest BCUT2D eigenvalue weighted by Gasteiger charge is 2.18. The minimum atomic E-state index is 0.377. The molecule has 6 heteroatoms. The van der Waals surface area contributed by atoms with Crippen LogP contribution < -0.4 is 18.9 Å². The summed E-state index contributed by atoms with van der Waals surface area (Å²) in [5, 5.41) is 8.91. The molecule has 0 saturated heterocycles. The molecule has 0 radical (unpaired) electrons. The van der Waals surface area contributed by atoms with E-state index in [4.69, 9.17) is 28.4 Å². The molecule has 1 aliphatic rings. The van der Waals surface area contributed by atoms with Gasteiger partial charge in [-0.3, -0.25) is 0 Å². The third-order valence-corrected chi connectivity index (χ3v) is 9.91. The number of ether oxygens (including phenoxy) is 6. The van der Waals surface area contributed by atoms with Crippen LogP contribution in [0.15, 0.2) is 146 Å². The highest BCUT2D eigenvalue weighted by molar-refractivity contribution is 5.98. The highest BCUT2D eigenvalue weighted by atomic mass is 16.6. The molecule has 1 aliphatic heterocycles. The Balaban J connectivity index is 1.04.